The molecule has 0 saturated heterocycles. The van der Waals surface area contributed by atoms with Gasteiger partial charge in [-0.15, -0.1) is 17.0 Å². The number of nitrogens with two attached hydrogens (primary N) is 1. The zero-order valence-electron chi connectivity index (χ0n) is 7.36. The number of phenolic OH excluding ortho intramolecular Hbond substituents is 1. The van der Waals surface area contributed by atoms with Crippen molar-refractivity contribution in [3.63, 3.8) is 0 Å². The number of rotatable bonds is 1. The van der Waals surface area contributed by atoms with E-state index >= 15 is 0 Å². The van der Waals surface area contributed by atoms with Gasteiger partial charge in [0.15, 0.2) is 0 Å². The minimum Gasteiger partial charge on any atom is -0.508 e. The summed E-state index contributed by atoms with van der Waals surface area (Å²) in [5, 5.41) is 9.22. The van der Waals surface area contributed by atoms with Gasteiger partial charge in [0.25, 0.3) is 0 Å². The highest BCUT2D eigenvalue weighted by Crippen LogP contribution is 2.33. The third-order valence-electron chi connectivity index (χ3n) is 2.61. The summed E-state index contributed by atoms with van der Waals surface area (Å²) >= 11 is 0. The average molecular weight is 244 g/mol. The largest absolute Gasteiger partial charge is 0.508 e. The monoisotopic (exact) mass is 243 g/mol. The molecule has 0 fully saturated rings. The number of fused-ring (bicyclic) bond motifs is 1. The van der Waals surface area contributed by atoms with Crippen molar-refractivity contribution < 1.29 is 5.11 Å². The molecule has 1 atom stereocenters. The van der Waals surface area contributed by atoms with Gasteiger partial charge in [-0.2, -0.15) is 0 Å². The summed E-state index contributed by atoms with van der Waals surface area (Å²) in [6, 6.07) is 5.59. The van der Waals surface area contributed by atoms with Crippen molar-refractivity contribution in [3.05, 3.63) is 29.3 Å². The summed E-state index contributed by atoms with van der Waals surface area (Å²) < 4.78 is 0. The molecule has 0 radical (unpaired) electrons. The van der Waals surface area contributed by atoms with Gasteiger partial charge in [0.2, 0.25) is 0 Å². The summed E-state index contributed by atoms with van der Waals surface area (Å²) in [4.78, 5) is 0. The molecule has 3 N–H and O–H groups in total. The molecule has 2 nitrogen and oxygen atoms in total. The van der Waals surface area contributed by atoms with Crippen LogP contribution < -0.4 is 5.73 Å². The highest BCUT2D eigenvalue weighted by molar-refractivity contribution is 8.93. The van der Waals surface area contributed by atoms with Gasteiger partial charge in [0.1, 0.15) is 5.75 Å². The molecular weight excluding hydrogens is 230 g/mol. The molecule has 0 heterocycles. The van der Waals surface area contributed by atoms with Crippen molar-refractivity contribution in [2.45, 2.75) is 18.8 Å². The van der Waals surface area contributed by atoms with Crippen LogP contribution >= 0.6 is 17.0 Å². The summed E-state index contributed by atoms with van der Waals surface area (Å²) in [7, 11) is 0. The first-order valence-electron chi connectivity index (χ1n) is 4.33. The molecule has 3 heteroatoms. The predicted octanol–water partition coefficient (Wildman–Crippen LogP) is 1.96. The maximum Gasteiger partial charge on any atom is 0.115 e. The first-order valence-corrected chi connectivity index (χ1v) is 4.33. The number of phenols is 1. The van der Waals surface area contributed by atoms with Gasteiger partial charge >= 0.3 is 0 Å². The van der Waals surface area contributed by atoms with Crippen LogP contribution in [-0.2, 0) is 6.42 Å². The summed E-state index contributed by atoms with van der Waals surface area (Å²) in [5.41, 5.74) is 8.22. The fourth-order valence-electron chi connectivity index (χ4n) is 1.94. The average Bonchev–Trinajstić information content (AvgIpc) is 2.46. The molecule has 1 aromatic rings. The van der Waals surface area contributed by atoms with E-state index < -0.39 is 0 Å². The lowest BCUT2D eigenvalue weighted by atomic mass is 10.0. The van der Waals surface area contributed by atoms with E-state index in [0.717, 1.165) is 19.4 Å². The minimum atomic E-state index is 0. The van der Waals surface area contributed by atoms with Crippen LogP contribution in [0.5, 0.6) is 5.75 Å². The Morgan fingerprint density at radius 2 is 2.23 bits per heavy atom. The molecule has 0 spiro atoms. The minimum absolute atomic E-state index is 0. The number of aryl methyl sites for hydroxylation is 1. The van der Waals surface area contributed by atoms with Gasteiger partial charge in [-0.25, -0.2) is 0 Å². The van der Waals surface area contributed by atoms with Gasteiger partial charge in [-0.3, -0.25) is 0 Å². The molecule has 72 valence electrons. The third-order valence-corrected chi connectivity index (χ3v) is 2.61. The number of hydrogen-bond acceptors (Lipinski definition) is 2. The van der Waals surface area contributed by atoms with Crippen LogP contribution in [-0.4, -0.2) is 11.7 Å². The van der Waals surface area contributed by atoms with Gasteiger partial charge < -0.3 is 10.8 Å². The highest BCUT2D eigenvalue weighted by Gasteiger charge is 2.20. The van der Waals surface area contributed by atoms with Crippen molar-refractivity contribution in [2.24, 2.45) is 5.73 Å². The topological polar surface area (TPSA) is 46.2 Å². The van der Waals surface area contributed by atoms with Crippen molar-refractivity contribution in [1.82, 2.24) is 0 Å². The second-order valence-electron chi connectivity index (χ2n) is 3.35. The molecule has 13 heavy (non-hydrogen) atoms. The van der Waals surface area contributed by atoms with Crippen LogP contribution in [0.1, 0.15) is 23.5 Å². The molecule has 0 amide bonds. The lowest BCUT2D eigenvalue weighted by Crippen LogP contribution is -2.08. The summed E-state index contributed by atoms with van der Waals surface area (Å²) in [6.45, 7) is 0.720. The van der Waals surface area contributed by atoms with Crippen molar-refractivity contribution in [2.75, 3.05) is 6.54 Å². The lowest BCUT2D eigenvalue weighted by molar-refractivity contribution is 0.474. The Morgan fingerprint density at radius 3 is 2.92 bits per heavy atom. The first-order chi connectivity index (χ1) is 5.81. The van der Waals surface area contributed by atoms with Crippen molar-refractivity contribution in [3.8, 4) is 5.75 Å². The zero-order chi connectivity index (χ0) is 8.55. The molecule has 0 aliphatic heterocycles. The number of aromatic hydroxyl groups is 1. The van der Waals surface area contributed by atoms with Gasteiger partial charge in [0.05, 0.1) is 0 Å². The number of halogens is 1. The summed E-state index contributed by atoms with van der Waals surface area (Å²) in [6.07, 6.45) is 2.20. The Bertz CT molecular complexity index is 301. The van der Waals surface area contributed by atoms with E-state index in [1.165, 1.54) is 11.1 Å². The van der Waals surface area contributed by atoms with Gasteiger partial charge in [0, 0.05) is 0 Å². The quantitative estimate of drug-likeness (QED) is 0.793. The fourth-order valence-corrected chi connectivity index (χ4v) is 1.94. The molecular formula is C10H14BrNO. The Kier molecular flexibility index (Phi) is 3.33. The lowest BCUT2D eigenvalue weighted by Gasteiger charge is -2.07. The molecule has 1 aliphatic rings. The van der Waals surface area contributed by atoms with Crippen LogP contribution in [0.3, 0.4) is 0 Å². The van der Waals surface area contributed by atoms with Crippen molar-refractivity contribution in [1.29, 1.82) is 0 Å². The molecule has 0 saturated carbocycles. The predicted molar refractivity (Wildman–Crippen MR) is 58.5 cm³/mol. The maximum atomic E-state index is 9.22. The van der Waals surface area contributed by atoms with Gasteiger partial charge in [-0.1, -0.05) is 6.07 Å². The van der Waals surface area contributed by atoms with Crippen LogP contribution in [0.2, 0.25) is 0 Å². The Hall–Kier alpha value is -0.540. The van der Waals surface area contributed by atoms with Crippen LogP contribution in [0, 0.1) is 0 Å². The molecule has 2 rings (SSSR count). The molecule has 0 aromatic heterocycles. The molecule has 0 bridgehead atoms. The van der Waals surface area contributed by atoms with E-state index in [2.05, 4.69) is 0 Å². The highest BCUT2D eigenvalue weighted by atomic mass is 79.9. The van der Waals surface area contributed by atoms with Crippen LogP contribution in [0.15, 0.2) is 18.2 Å². The smallest absolute Gasteiger partial charge is 0.115 e. The SMILES string of the molecule is Br.NCC1CCc2cc(O)ccc21. The first kappa shape index (κ1) is 10.5. The second kappa shape index (κ2) is 4.11. The third kappa shape index (κ3) is 1.86. The fraction of sp³-hybridized carbons (Fsp3) is 0.400. The van der Waals surface area contributed by atoms with Gasteiger partial charge in [-0.05, 0) is 48.6 Å². The van der Waals surface area contributed by atoms with Crippen LogP contribution in [0.25, 0.3) is 0 Å². The Morgan fingerprint density at radius 1 is 1.46 bits per heavy atom. The van der Waals surface area contributed by atoms with E-state index in [1.807, 2.05) is 12.1 Å². The van der Waals surface area contributed by atoms with E-state index in [1.54, 1.807) is 6.07 Å². The van der Waals surface area contributed by atoms with E-state index in [0.29, 0.717) is 11.7 Å². The standard InChI is InChI=1S/C10H13NO.BrH/c11-6-8-2-1-7-5-9(12)3-4-10(7)8;/h3-5,8,12H,1-2,6,11H2;1H. The number of hydrogen-bond donors (Lipinski definition) is 2. The van der Waals surface area contributed by atoms with E-state index in [4.69, 9.17) is 5.73 Å². The van der Waals surface area contributed by atoms with E-state index in [-0.39, 0.29) is 17.0 Å². The zero-order valence-corrected chi connectivity index (χ0v) is 9.08. The molecule has 1 aromatic carbocycles. The Labute approximate surface area is 88.5 Å². The molecule has 1 aliphatic carbocycles. The van der Waals surface area contributed by atoms with E-state index in [9.17, 15) is 5.11 Å². The maximum absolute atomic E-state index is 9.22. The normalized spacial score (nSPS) is 19.3. The summed E-state index contributed by atoms with van der Waals surface area (Å²) in [5.74, 6) is 0.882. The Balaban J connectivity index is 0.000000845. The van der Waals surface area contributed by atoms with Crippen molar-refractivity contribution >= 4 is 17.0 Å². The van der Waals surface area contributed by atoms with Crippen LogP contribution in [0.4, 0.5) is 0 Å². The number of benzene rings is 1. The molecule has 1 unspecified atom stereocenters. The second-order valence-corrected chi connectivity index (χ2v) is 3.35.